The summed E-state index contributed by atoms with van der Waals surface area (Å²) in [6.45, 7) is 11.2. The molecule has 0 aromatic rings. The minimum Gasteiger partial charge on any atom is -0.193 e. The molecule has 1 nitrogen and oxygen atoms in total. The summed E-state index contributed by atoms with van der Waals surface area (Å²) in [4.78, 5) is 0. The molecule has 2 unspecified atom stereocenters. The van der Waals surface area contributed by atoms with E-state index < -0.39 is 0 Å². The number of allylic oxidation sites excluding steroid dienone is 8. The summed E-state index contributed by atoms with van der Waals surface area (Å²) in [6, 6.07) is 2.04. The second-order valence-electron chi connectivity index (χ2n) is 7.03. The van der Waals surface area contributed by atoms with E-state index in [1.165, 1.54) is 24.8 Å². The number of nitrogens with zero attached hydrogens (tertiary/aromatic N) is 1. The normalized spacial score (nSPS) is 27.2. The van der Waals surface area contributed by atoms with Crippen LogP contribution in [0.1, 0.15) is 53.9 Å². The van der Waals surface area contributed by atoms with Crippen molar-refractivity contribution in [1.29, 1.82) is 5.26 Å². The Kier molecular flexibility index (Phi) is 6.69. The molecule has 1 fully saturated rings. The van der Waals surface area contributed by atoms with Gasteiger partial charge < -0.3 is 0 Å². The van der Waals surface area contributed by atoms with Gasteiger partial charge in [-0.25, -0.2) is 0 Å². The highest BCUT2D eigenvalue weighted by molar-refractivity contribution is 5.29. The van der Waals surface area contributed by atoms with E-state index in [4.69, 9.17) is 5.26 Å². The van der Waals surface area contributed by atoms with Gasteiger partial charge in [-0.15, -0.1) is 0 Å². The average Bonchev–Trinajstić information content (AvgIpc) is 2.37. The molecule has 2 atom stereocenters. The molecule has 0 heterocycles. The van der Waals surface area contributed by atoms with Gasteiger partial charge in [0.05, 0.1) is 6.07 Å². The van der Waals surface area contributed by atoms with E-state index in [9.17, 15) is 0 Å². The molecule has 1 saturated carbocycles. The number of nitriles is 1. The topological polar surface area (TPSA) is 23.8 Å². The largest absolute Gasteiger partial charge is 0.193 e. The first-order chi connectivity index (χ1) is 9.86. The highest BCUT2D eigenvalue weighted by atomic mass is 14.4. The standard InChI is InChI=1S/C20H29N/c1-16(8-6-9-17(2)13-15-21)11-12-19-18(3)10-7-14-20(19,4)5/h6,8-9,11-13,18-19H,7,10,14H2,1-5H3/b9-6+,12-11+,16-8+,17-13+. The Morgan fingerprint density at radius 3 is 2.52 bits per heavy atom. The van der Waals surface area contributed by atoms with E-state index in [1.54, 1.807) is 6.08 Å². The summed E-state index contributed by atoms with van der Waals surface area (Å²) >= 11 is 0. The first-order valence-corrected chi connectivity index (χ1v) is 7.96. The maximum Gasteiger partial charge on any atom is 0.0914 e. The number of hydrogen-bond acceptors (Lipinski definition) is 1. The number of rotatable bonds is 4. The highest BCUT2D eigenvalue weighted by Crippen LogP contribution is 2.44. The van der Waals surface area contributed by atoms with E-state index in [2.05, 4.69) is 45.9 Å². The summed E-state index contributed by atoms with van der Waals surface area (Å²) < 4.78 is 0. The minimum absolute atomic E-state index is 0.413. The predicted octanol–water partition coefficient (Wildman–Crippen LogP) is 5.98. The van der Waals surface area contributed by atoms with Crippen molar-refractivity contribution in [3.63, 3.8) is 0 Å². The van der Waals surface area contributed by atoms with E-state index >= 15 is 0 Å². The highest BCUT2D eigenvalue weighted by Gasteiger charge is 2.34. The van der Waals surface area contributed by atoms with E-state index in [0.29, 0.717) is 11.3 Å². The third kappa shape index (κ3) is 5.76. The van der Waals surface area contributed by atoms with Crippen LogP contribution in [0.2, 0.25) is 0 Å². The van der Waals surface area contributed by atoms with Crippen molar-refractivity contribution in [3.05, 3.63) is 47.6 Å². The SMILES string of the molecule is CC(/C=C/C=C(C)/C=C/C1C(C)CCCC1(C)C)=C\C#N. The molecule has 0 spiro atoms. The lowest BCUT2D eigenvalue weighted by Crippen LogP contribution is -2.32. The van der Waals surface area contributed by atoms with E-state index in [0.717, 1.165) is 11.5 Å². The average molecular weight is 283 g/mol. The van der Waals surface area contributed by atoms with E-state index in [1.807, 2.05) is 25.1 Å². The fourth-order valence-corrected chi connectivity index (χ4v) is 3.26. The molecule has 0 bridgehead atoms. The van der Waals surface area contributed by atoms with Crippen LogP contribution >= 0.6 is 0 Å². The van der Waals surface area contributed by atoms with Gasteiger partial charge in [-0.3, -0.25) is 0 Å². The first kappa shape index (κ1) is 17.5. The van der Waals surface area contributed by atoms with Crippen molar-refractivity contribution >= 4 is 0 Å². The fourth-order valence-electron chi connectivity index (χ4n) is 3.26. The Bertz CT molecular complexity index is 494. The minimum atomic E-state index is 0.413. The Labute approximate surface area is 130 Å². The lowest BCUT2D eigenvalue weighted by Gasteiger charge is -2.41. The Morgan fingerprint density at radius 1 is 1.19 bits per heavy atom. The van der Waals surface area contributed by atoms with Gasteiger partial charge in [-0.2, -0.15) is 5.26 Å². The van der Waals surface area contributed by atoms with Crippen molar-refractivity contribution in [2.24, 2.45) is 17.3 Å². The second kappa shape index (κ2) is 8.03. The molecule has 114 valence electrons. The molecule has 1 heteroatoms. The Hall–Kier alpha value is -1.55. The van der Waals surface area contributed by atoms with Crippen LogP contribution in [0.15, 0.2) is 47.6 Å². The van der Waals surface area contributed by atoms with Gasteiger partial charge in [0.1, 0.15) is 0 Å². The molecular weight excluding hydrogens is 254 g/mol. The zero-order valence-electron chi connectivity index (χ0n) is 14.2. The summed E-state index contributed by atoms with van der Waals surface area (Å²) in [5.74, 6) is 1.44. The number of hydrogen-bond donors (Lipinski definition) is 0. The molecule has 21 heavy (non-hydrogen) atoms. The smallest absolute Gasteiger partial charge is 0.0914 e. The third-order valence-corrected chi connectivity index (χ3v) is 4.57. The fraction of sp³-hybridized carbons (Fsp3) is 0.550. The van der Waals surface area contributed by atoms with Gasteiger partial charge in [0, 0.05) is 6.08 Å². The molecule has 0 aliphatic heterocycles. The van der Waals surface area contributed by atoms with Gasteiger partial charge in [-0.1, -0.05) is 69.6 Å². The van der Waals surface area contributed by atoms with Gasteiger partial charge in [0.15, 0.2) is 0 Å². The first-order valence-electron chi connectivity index (χ1n) is 7.96. The van der Waals surface area contributed by atoms with Crippen LogP contribution in [0, 0.1) is 28.6 Å². The van der Waals surface area contributed by atoms with Crippen molar-refractivity contribution < 1.29 is 0 Å². The molecule has 0 saturated heterocycles. The maximum atomic E-state index is 8.56. The lowest BCUT2D eigenvalue weighted by molar-refractivity contribution is 0.123. The van der Waals surface area contributed by atoms with Crippen LogP contribution in [0.5, 0.6) is 0 Å². The predicted molar refractivity (Wildman–Crippen MR) is 91.7 cm³/mol. The second-order valence-corrected chi connectivity index (χ2v) is 7.03. The maximum absolute atomic E-state index is 8.56. The van der Waals surface area contributed by atoms with Crippen LogP contribution in [0.25, 0.3) is 0 Å². The van der Waals surface area contributed by atoms with Crippen molar-refractivity contribution in [1.82, 2.24) is 0 Å². The zero-order valence-corrected chi connectivity index (χ0v) is 14.2. The van der Waals surface area contributed by atoms with Gasteiger partial charge >= 0.3 is 0 Å². The van der Waals surface area contributed by atoms with Crippen LogP contribution in [0.3, 0.4) is 0 Å². The molecule has 0 aromatic heterocycles. The summed E-state index contributed by atoms with van der Waals surface area (Å²) in [5.41, 5.74) is 2.65. The van der Waals surface area contributed by atoms with Crippen molar-refractivity contribution in [2.75, 3.05) is 0 Å². The molecule has 0 aromatic carbocycles. The molecule has 0 radical (unpaired) electrons. The van der Waals surface area contributed by atoms with Crippen LogP contribution in [0.4, 0.5) is 0 Å². The molecule has 1 aliphatic rings. The molecule has 0 amide bonds. The summed E-state index contributed by atoms with van der Waals surface area (Å²) in [6.07, 6.45) is 16.3. The van der Waals surface area contributed by atoms with Crippen LogP contribution in [-0.4, -0.2) is 0 Å². The molecule has 0 N–H and O–H groups in total. The zero-order chi connectivity index (χ0) is 15.9. The van der Waals surface area contributed by atoms with Gasteiger partial charge in [0.25, 0.3) is 0 Å². The summed E-state index contributed by atoms with van der Waals surface area (Å²) in [7, 11) is 0. The van der Waals surface area contributed by atoms with Crippen LogP contribution < -0.4 is 0 Å². The molecule has 1 rings (SSSR count). The Morgan fingerprint density at radius 2 is 1.90 bits per heavy atom. The third-order valence-electron chi connectivity index (χ3n) is 4.57. The van der Waals surface area contributed by atoms with Gasteiger partial charge in [-0.05, 0) is 43.1 Å². The summed E-state index contributed by atoms with van der Waals surface area (Å²) in [5, 5.41) is 8.56. The van der Waals surface area contributed by atoms with E-state index in [-0.39, 0.29) is 0 Å². The molecular formula is C20H29N. The van der Waals surface area contributed by atoms with Crippen LogP contribution in [-0.2, 0) is 0 Å². The molecule has 1 aliphatic carbocycles. The van der Waals surface area contributed by atoms with Gasteiger partial charge in [0.2, 0.25) is 0 Å². The lowest BCUT2D eigenvalue weighted by atomic mass is 9.64. The Balaban J connectivity index is 2.70. The monoisotopic (exact) mass is 283 g/mol. The van der Waals surface area contributed by atoms with Crippen molar-refractivity contribution in [3.8, 4) is 6.07 Å². The van der Waals surface area contributed by atoms with Crippen molar-refractivity contribution in [2.45, 2.75) is 53.9 Å². The quantitative estimate of drug-likeness (QED) is 0.460.